The molecule has 9 heteroatoms. The predicted molar refractivity (Wildman–Crippen MR) is 166 cm³/mol. The van der Waals surface area contributed by atoms with E-state index in [1.807, 2.05) is 81.4 Å². The lowest BCUT2D eigenvalue weighted by Gasteiger charge is -2.33. The number of hydrogen-bond donors (Lipinski definition) is 2. The standard InChI is InChI=1S/C34H42N2O7/c1-34(2,3)30(40-4)22-36(33(38)39)21-25(23-42-29-13-9-11-26-10-5-6-12-28(26)29)20-24-15-17-27(18-16-24)32(37)35-43-31-14-7-8-19-41-31/h5-6,9-13,15-18,20,30-31H,7-8,14,19,21-23H2,1-4H3,(H,35,37)(H,38,39). The highest BCUT2D eigenvalue weighted by Gasteiger charge is 2.29. The van der Waals surface area contributed by atoms with Crippen molar-refractivity contribution in [2.24, 2.45) is 5.41 Å². The van der Waals surface area contributed by atoms with Gasteiger partial charge in [0.2, 0.25) is 0 Å². The molecule has 1 aliphatic heterocycles. The predicted octanol–water partition coefficient (Wildman–Crippen LogP) is 6.53. The second kappa shape index (κ2) is 15.0. The maximum absolute atomic E-state index is 12.6. The van der Waals surface area contributed by atoms with Gasteiger partial charge in [-0.3, -0.25) is 4.79 Å². The van der Waals surface area contributed by atoms with E-state index in [1.165, 1.54) is 4.90 Å². The highest BCUT2D eigenvalue weighted by Crippen LogP contribution is 2.27. The topological polar surface area (TPSA) is 107 Å². The fraction of sp³-hybridized carbons (Fsp3) is 0.412. The molecule has 4 rings (SSSR count). The van der Waals surface area contributed by atoms with E-state index in [9.17, 15) is 14.7 Å². The van der Waals surface area contributed by atoms with E-state index in [0.717, 1.165) is 41.2 Å². The van der Waals surface area contributed by atoms with Gasteiger partial charge in [0.25, 0.3) is 5.91 Å². The summed E-state index contributed by atoms with van der Waals surface area (Å²) in [6.07, 6.45) is 2.84. The van der Waals surface area contributed by atoms with Gasteiger partial charge in [-0.15, -0.1) is 0 Å². The first-order valence-corrected chi connectivity index (χ1v) is 14.6. The molecule has 1 saturated heterocycles. The molecule has 1 fully saturated rings. The highest BCUT2D eigenvalue weighted by atomic mass is 16.8. The number of hydrogen-bond acceptors (Lipinski definition) is 6. The maximum Gasteiger partial charge on any atom is 0.407 e. The van der Waals surface area contributed by atoms with E-state index in [-0.39, 0.29) is 37.1 Å². The van der Waals surface area contributed by atoms with Crippen molar-refractivity contribution in [2.75, 3.05) is 33.4 Å². The number of hydroxylamine groups is 1. The number of nitrogens with one attached hydrogen (secondary N) is 1. The Hall–Kier alpha value is -3.92. The summed E-state index contributed by atoms with van der Waals surface area (Å²) in [5, 5.41) is 12.1. The van der Waals surface area contributed by atoms with Gasteiger partial charge in [-0.05, 0) is 53.0 Å². The Labute approximate surface area is 253 Å². The first kappa shape index (κ1) is 32.0. The molecule has 43 heavy (non-hydrogen) atoms. The minimum absolute atomic E-state index is 0.119. The molecule has 0 saturated carbocycles. The number of fused-ring (bicyclic) bond motifs is 1. The molecule has 2 unspecified atom stereocenters. The number of methoxy groups -OCH3 is 1. The summed E-state index contributed by atoms with van der Waals surface area (Å²) in [6, 6.07) is 20.8. The van der Waals surface area contributed by atoms with Crippen LogP contribution < -0.4 is 10.2 Å². The molecule has 2 atom stereocenters. The molecule has 2 N–H and O–H groups in total. The first-order valence-electron chi connectivity index (χ1n) is 14.6. The van der Waals surface area contributed by atoms with E-state index in [2.05, 4.69) is 5.48 Å². The third-order valence-electron chi connectivity index (χ3n) is 7.43. The van der Waals surface area contributed by atoms with Crippen LogP contribution in [0.15, 0.2) is 72.3 Å². The van der Waals surface area contributed by atoms with Gasteiger partial charge < -0.3 is 24.2 Å². The summed E-state index contributed by atoms with van der Waals surface area (Å²) >= 11 is 0. The third-order valence-corrected chi connectivity index (χ3v) is 7.43. The summed E-state index contributed by atoms with van der Waals surface area (Å²) in [5.41, 5.74) is 4.19. The molecule has 230 valence electrons. The van der Waals surface area contributed by atoms with Gasteiger partial charge >= 0.3 is 6.09 Å². The normalized spacial score (nSPS) is 16.5. The number of carboxylic acid groups (broad SMARTS) is 1. The van der Waals surface area contributed by atoms with Gasteiger partial charge in [-0.25, -0.2) is 15.1 Å². The number of ether oxygens (including phenoxy) is 3. The Morgan fingerprint density at radius 1 is 1.07 bits per heavy atom. The second-order valence-electron chi connectivity index (χ2n) is 11.8. The van der Waals surface area contributed by atoms with Crippen molar-refractivity contribution in [1.29, 1.82) is 0 Å². The summed E-state index contributed by atoms with van der Waals surface area (Å²) in [5.74, 6) is 0.346. The van der Waals surface area contributed by atoms with E-state index in [1.54, 1.807) is 19.2 Å². The average molecular weight is 591 g/mol. The second-order valence-corrected chi connectivity index (χ2v) is 11.8. The van der Waals surface area contributed by atoms with Crippen LogP contribution >= 0.6 is 0 Å². The van der Waals surface area contributed by atoms with E-state index in [0.29, 0.717) is 17.9 Å². The zero-order valence-corrected chi connectivity index (χ0v) is 25.4. The van der Waals surface area contributed by atoms with E-state index in [4.69, 9.17) is 19.0 Å². The average Bonchev–Trinajstić information content (AvgIpc) is 3.00. The van der Waals surface area contributed by atoms with Crippen LogP contribution in [0.5, 0.6) is 5.75 Å². The molecular formula is C34H42N2O7. The number of benzene rings is 3. The van der Waals surface area contributed by atoms with Gasteiger partial charge in [0.05, 0.1) is 12.6 Å². The van der Waals surface area contributed by atoms with Gasteiger partial charge in [0.15, 0.2) is 6.29 Å². The number of nitrogens with zero attached hydrogens (tertiary/aromatic N) is 1. The largest absolute Gasteiger partial charge is 0.489 e. The van der Waals surface area contributed by atoms with Crippen molar-refractivity contribution in [3.63, 3.8) is 0 Å². The van der Waals surface area contributed by atoms with E-state index >= 15 is 0 Å². The SMILES string of the molecule is COC(CN(CC(=Cc1ccc(C(=O)NOC2CCCCO2)cc1)COc1cccc2ccccc12)C(=O)O)C(C)(C)C. The summed E-state index contributed by atoms with van der Waals surface area (Å²) in [7, 11) is 1.60. The Bertz CT molecular complexity index is 1390. The number of amides is 2. The number of carbonyl (C=O) groups is 2. The van der Waals surface area contributed by atoms with Crippen LogP contribution in [-0.2, 0) is 14.3 Å². The van der Waals surface area contributed by atoms with Gasteiger partial charge in [-0.2, -0.15) is 0 Å². The minimum atomic E-state index is -1.05. The molecular weight excluding hydrogens is 548 g/mol. The van der Waals surface area contributed by atoms with E-state index < -0.39 is 12.4 Å². The molecule has 0 radical (unpaired) electrons. The molecule has 1 aliphatic rings. The zero-order chi connectivity index (χ0) is 30.8. The van der Waals surface area contributed by atoms with Crippen molar-refractivity contribution >= 4 is 28.8 Å². The lowest BCUT2D eigenvalue weighted by Crippen LogP contribution is -2.44. The minimum Gasteiger partial charge on any atom is -0.489 e. The van der Waals surface area contributed by atoms with Crippen LogP contribution in [0.3, 0.4) is 0 Å². The van der Waals surface area contributed by atoms with Crippen molar-refractivity contribution < 1.29 is 33.7 Å². The number of carbonyl (C=O) groups excluding carboxylic acids is 1. The van der Waals surface area contributed by atoms with Crippen LogP contribution in [0.1, 0.15) is 56.0 Å². The summed E-state index contributed by atoms with van der Waals surface area (Å²) in [6.45, 7) is 7.17. The molecule has 1 heterocycles. The number of rotatable bonds is 12. The molecule has 0 aliphatic carbocycles. The van der Waals surface area contributed by atoms with Gasteiger partial charge in [-0.1, -0.05) is 75.4 Å². The van der Waals surface area contributed by atoms with Crippen molar-refractivity contribution in [2.45, 2.75) is 52.4 Å². The fourth-order valence-corrected chi connectivity index (χ4v) is 4.93. The Balaban J connectivity index is 1.53. The maximum atomic E-state index is 12.6. The van der Waals surface area contributed by atoms with Crippen molar-refractivity contribution in [1.82, 2.24) is 10.4 Å². The van der Waals surface area contributed by atoms with Gasteiger partial charge in [0, 0.05) is 37.6 Å². The first-order chi connectivity index (χ1) is 20.6. The molecule has 9 nitrogen and oxygen atoms in total. The molecule has 0 bridgehead atoms. The zero-order valence-electron chi connectivity index (χ0n) is 25.4. The summed E-state index contributed by atoms with van der Waals surface area (Å²) in [4.78, 5) is 31.7. The molecule has 0 aromatic heterocycles. The quantitative estimate of drug-likeness (QED) is 0.231. The Morgan fingerprint density at radius 3 is 2.49 bits per heavy atom. The van der Waals surface area contributed by atoms with Crippen LogP contribution in [0.2, 0.25) is 0 Å². The highest BCUT2D eigenvalue weighted by molar-refractivity contribution is 5.93. The Morgan fingerprint density at radius 2 is 1.81 bits per heavy atom. The van der Waals surface area contributed by atoms with Crippen LogP contribution in [0.25, 0.3) is 16.8 Å². The monoisotopic (exact) mass is 590 g/mol. The lowest BCUT2D eigenvalue weighted by molar-refractivity contribution is -0.186. The molecule has 2 amide bonds. The fourth-order valence-electron chi connectivity index (χ4n) is 4.93. The smallest absolute Gasteiger partial charge is 0.407 e. The van der Waals surface area contributed by atoms with Crippen LogP contribution in [0, 0.1) is 5.41 Å². The van der Waals surface area contributed by atoms with Crippen LogP contribution in [0.4, 0.5) is 4.79 Å². The van der Waals surface area contributed by atoms with Crippen molar-refractivity contribution in [3.05, 3.63) is 83.4 Å². The molecule has 3 aromatic carbocycles. The molecule has 0 spiro atoms. The van der Waals surface area contributed by atoms with Crippen LogP contribution in [-0.4, -0.2) is 67.8 Å². The van der Waals surface area contributed by atoms with Crippen molar-refractivity contribution in [3.8, 4) is 5.75 Å². The van der Waals surface area contributed by atoms with Gasteiger partial charge in [0.1, 0.15) is 12.4 Å². The Kier molecular flexibility index (Phi) is 11.2. The third kappa shape index (κ3) is 9.28. The lowest BCUT2D eigenvalue weighted by atomic mass is 9.88. The summed E-state index contributed by atoms with van der Waals surface area (Å²) < 4.78 is 17.4. The molecule has 3 aromatic rings.